The number of benzene rings is 1. The largest absolute Gasteiger partial charge is 0.490 e. The molecule has 4 heteroatoms. The van der Waals surface area contributed by atoms with Gasteiger partial charge < -0.3 is 15.2 Å². The third-order valence-electron chi connectivity index (χ3n) is 3.31. The van der Waals surface area contributed by atoms with Crippen molar-refractivity contribution in [2.24, 2.45) is 5.73 Å². The summed E-state index contributed by atoms with van der Waals surface area (Å²) in [6.07, 6.45) is 3.03. The van der Waals surface area contributed by atoms with E-state index in [-0.39, 0.29) is 12.1 Å². The van der Waals surface area contributed by atoms with Crippen LogP contribution in [-0.2, 0) is 11.2 Å². The van der Waals surface area contributed by atoms with Crippen LogP contribution in [0.5, 0.6) is 5.75 Å². The van der Waals surface area contributed by atoms with Crippen LogP contribution in [0.1, 0.15) is 30.9 Å². The van der Waals surface area contributed by atoms with Crippen molar-refractivity contribution in [2.75, 3.05) is 13.2 Å². The van der Waals surface area contributed by atoms with Gasteiger partial charge in [0.15, 0.2) is 0 Å². The van der Waals surface area contributed by atoms with Crippen molar-refractivity contribution in [2.45, 2.75) is 45.3 Å². The summed E-state index contributed by atoms with van der Waals surface area (Å²) in [5, 5.41) is 0. The summed E-state index contributed by atoms with van der Waals surface area (Å²) in [5.41, 5.74) is 8.29. The van der Waals surface area contributed by atoms with E-state index in [0.29, 0.717) is 0 Å². The molecule has 0 saturated carbocycles. The van der Waals surface area contributed by atoms with Crippen molar-refractivity contribution in [3.8, 4) is 5.75 Å². The van der Waals surface area contributed by atoms with Crippen LogP contribution in [0.3, 0.4) is 0 Å². The summed E-state index contributed by atoms with van der Waals surface area (Å²) in [6.45, 7) is 5.70. The van der Waals surface area contributed by atoms with E-state index >= 15 is 0 Å². The van der Waals surface area contributed by atoms with E-state index in [9.17, 15) is 0 Å². The zero-order valence-corrected chi connectivity index (χ0v) is 13.2. The standard InChI is InChI=1S/C15H22BrNO2/c1-10-7-13(16)9-12(8-11(2)17)15(10)19-14-3-5-18-6-4-14/h7,9,11,14H,3-6,8,17H2,1-2H3. The van der Waals surface area contributed by atoms with Gasteiger partial charge >= 0.3 is 0 Å². The Bertz CT molecular complexity index is 428. The van der Waals surface area contributed by atoms with Crippen molar-refractivity contribution >= 4 is 15.9 Å². The average molecular weight is 328 g/mol. The first-order chi connectivity index (χ1) is 9.06. The topological polar surface area (TPSA) is 44.5 Å². The predicted molar refractivity (Wildman–Crippen MR) is 80.7 cm³/mol. The Labute approximate surface area is 123 Å². The van der Waals surface area contributed by atoms with Gasteiger partial charge in [0.25, 0.3) is 0 Å². The van der Waals surface area contributed by atoms with E-state index in [4.69, 9.17) is 15.2 Å². The van der Waals surface area contributed by atoms with Crippen LogP contribution in [-0.4, -0.2) is 25.4 Å². The normalized spacial score (nSPS) is 18.3. The maximum absolute atomic E-state index is 6.22. The molecule has 1 fully saturated rings. The molecule has 1 unspecified atom stereocenters. The first-order valence-electron chi connectivity index (χ1n) is 6.85. The van der Waals surface area contributed by atoms with Crippen LogP contribution in [0.4, 0.5) is 0 Å². The van der Waals surface area contributed by atoms with E-state index < -0.39 is 0 Å². The van der Waals surface area contributed by atoms with Crippen LogP contribution in [0.25, 0.3) is 0 Å². The fourth-order valence-corrected chi connectivity index (χ4v) is 3.05. The first-order valence-corrected chi connectivity index (χ1v) is 7.64. The highest BCUT2D eigenvalue weighted by molar-refractivity contribution is 9.10. The fraction of sp³-hybridized carbons (Fsp3) is 0.600. The molecule has 1 saturated heterocycles. The molecule has 0 spiro atoms. The van der Waals surface area contributed by atoms with Crippen molar-refractivity contribution in [3.05, 3.63) is 27.7 Å². The quantitative estimate of drug-likeness (QED) is 0.923. The second-order valence-electron chi connectivity index (χ2n) is 5.32. The van der Waals surface area contributed by atoms with E-state index in [2.05, 4.69) is 35.0 Å². The molecule has 0 bridgehead atoms. The molecule has 3 nitrogen and oxygen atoms in total. The Kier molecular flexibility index (Phi) is 5.25. The van der Waals surface area contributed by atoms with Crippen molar-refractivity contribution in [1.82, 2.24) is 0 Å². The highest BCUT2D eigenvalue weighted by Gasteiger charge is 2.19. The first kappa shape index (κ1) is 14.8. The maximum Gasteiger partial charge on any atom is 0.125 e. The molecule has 0 aromatic heterocycles. The predicted octanol–water partition coefficient (Wildman–Crippen LogP) is 3.21. The van der Waals surface area contributed by atoms with Gasteiger partial charge in [-0.1, -0.05) is 15.9 Å². The summed E-state index contributed by atoms with van der Waals surface area (Å²) in [5.74, 6) is 1.01. The Balaban J connectivity index is 2.20. The van der Waals surface area contributed by atoms with Gasteiger partial charge in [-0.05, 0) is 43.5 Å². The molecule has 1 aliphatic rings. The van der Waals surface area contributed by atoms with Crippen LogP contribution in [0.15, 0.2) is 16.6 Å². The van der Waals surface area contributed by atoms with Crippen LogP contribution < -0.4 is 10.5 Å². The number of hydrogen-bond acceptors (Lipinski definition) is 3. The summed E-state index contributed by atoms with van der Waals surface area (Å²) in [6, 6.07) is 4.34. The lowest BCUT2D eigenvalue weighted by Gasteiger charge is -2.26. The minimum Gasteiger partial charge on any atom is -0.490 e. The number of rotatable bonds is 4. The van der Waals surface area contributed by atoms with Crippen LogP contribution in [0, 0.1) is 6.92 Å². The van der Waals surface area contributed by atoms with E-state index in [1.54, 1.807) is 0 Å². The molecule has 1 aromatic rings. The highest BCUT2D eigenvalue weighted by atomic mass is 79.9. The number of ether oxygens (including phenoxy) is 2. The highest BCUT2D eigenvalue weighted by Crippen LogP contribution is 2.31. The fourth-order valence-electron chi connectivity index (χ4n) is 2.43. The molecule has 0 amide bonds. The molecule has 1 heterocycles. The third kappa shape index (κ3) is 4.20. The lowest BCUT2D eigenvalue weighted by Crippen LogP contribution is -2.27. The summed E-state index contributed by atoms with van der Waals surface area (Å²) >= 11 is 3.55. The van der Waals surface area contributed by atoms with Gasteiger partial charge in [-0.3, -0.25) is 0 Å². The molecule has 2 rings (SSSR count). The Morgan fingerprint density at radius 3 is 2.74 bits per heavy atom. The number of halogens is 1. The second kappa shape index (κ2) is 6.73. The van der Waals surface area contributed by atoms with E-state index in [0.717, 1.165) is 48.3 Å². The third-order valence-corrected chi connectivity index (χ3v) is 3.77. The van der Waals surface area contributed by atoms with Gasteiger partial charge in [-0.25, -0.2) is 0 Å². The minimum absolute atomic E-state index is 0.130. The molecule has 0 radical (unpaired) electrons. The molecular formula is C15H22BrNO2. The molecule has 0 aliphatic carbocycles. The molecule has 2 N–H and O–H groups in total. The lowest BCUT2D eigenvalue weighted by atomic mass is 10.0. The average Bonchev–Trinajstić information content (AvgIpc) is 2.34. The Morgan fingerprint density at radius 1 is 1.42 bits per heavy atom. The molecule has 1 aliphatic heterocycles. The van der Waals surface area contributed by atoms with Crippen molar-refractivity contribution in [1.29, 1.82) is 0 Å². The Morgan fingerprint density at radius 2 is 2.11 bits per heavy atom. The monoisotopic (exact) mass is 327 g/mol. The summed E-state index contributed by atoms with van der Waals surface area (Å²) in [4.78, 5) is 0. The van der Waals surface area contributed by atoms with Crippen molar-refractivity contribution < 1.29 is 9.47 Å². The SMILES string of the molecule is Cc1cc(Br)cc(CC(C)N)c1OC1CCOCC1. The lowest BCUT2D eigenvalue weighted by molar-refractivity contribution is 0.0249. The van der Waals surface area contributed by atoms with Gasteiger partial charge in [-0.15, -0.1) is 0 Å². The molecule has 106 valence electrons. The zero-order valence-electron chi connectivity index (χ0n) is 11.6. The maximum atomic E-state index is 6.22. The number of nitrogens with two attached hydrogens (primary N) is 1. The smallest absolute Gasteiger partial charge is 0.125 e. The van der Waals surface area contributed by atoms with Gasteiger partial charge in [0.1, 0.15) is 11.9 Å². The molecule has 1 atom stereocenters. The van der Waals surface area contributed by atoms with Crippen LogP contribution in [0.2, 0.25) is 0 Å². The van der Waals surface area contributed by atoms with Gasteiger partial charge in [0.05, 0.1) is 13.2 Å². The molecular weight excluding hydrogens is 306 g/mol. The zero-order chi connectivity index (χ0) is 13.8. The van der Waals surface area contributed by atoms with Gasteiger partial charge in [-0.2, -0.15) is 0 Å². The minimum atomic E-state index is 0.130. The molecule has 19 heavy (non-hydrogen) atoms. The number of hydrogen-bond donors (Lipinski definition) is 1. The molecule has 1 aromatic carbocycles. The second-order valence-corrected chi connectivity index (χ2v) is 6.24. The number of aryl methyl sites for hydroxylation is 1. The van der Waals surface area contributed by atoms with Gasteiger partial charge in [0, 0.05) is 23.4 Å². The van der Waals surface area contributed by atoms with E-state index in [1.807, 2.05) is 6.92 Å². The van der Waals surface area contributed by atoms with Crippen LogP contribution >= 0.6 is 15.9 Å². The Hall–Kier alpha value is -0.580. The summed E-state index contributed by atoms with van der Waals surface area (Å²) in [7, 11) is 0. The van der Waals surface area contributed by atoms with E-state index in [1.165, 1.54) is 5.56 Å². The summed E-state index contributed by atoms with van der Waals surface area (Å²) < 4.78 is 12.7. The van der Waals surface area contributed by atoms with Gasteiger partial charge in [0.2, 0.25) is 0 Å². The van der Waals surface area contributed by atoms with Crippen molar-refractivity contribution in [3.63, 3.8) is 0 Å².